The lowest BCUT2D eigenvalue weighted by Crippen LogP contribution is -2.22. The van der Waals surface area contributed by atoms with E-state index in [0.29, 0.717) is 32.5 Å². The topological polar surface area (TPSA) is 50.7 Å². The molecular formula is C25H16Cl2IN3O. The highest BCUT2D eigenvalue weighted by molar-refractivity contribution is 14.1. The number of aryl methyl sites for hydroxylation is 1. The molecule has 3 aromatic carbocycles. The van der Waals surface area contributed by atoms with E-state index in [1.54, 1.807) is 18.2 Å². The van der Waals surface area contributed by atoms with Crippen LogP contribution in [-0.4, -0.2) is 14.5 Å². The van der Waals surface area contributed by atoms with Gasteiger partial charge in [0.1, 0.15) is 5.82 Å². The van der Waals surface area contributed by atoms with Crippen LogP contribution in [0.4, 0.5) is 0 Å². The third-order valence-corrected chi connectivity index (χ3v) is 6.56. The molecule has 0 spiro atoms. The summed E-state index contributed by atoms with van der Waals surface area (Å²) < 4.78 is 2.50. The summed E-state index contributed by atoms with van der Waals surface area (Å²) in [6, 6.07) is 18.8. The molecule has 4 nitrogen and oxygen atoms in total. The van der Waals surface area contributed by atoms with Gasteiger partial charge in [-0.2, -0.15) is 0 Å². The lowest BCUT2D eigenvalue weighted by atomic mass is 10.1. The Morgan fingerprint density at radius 3 is 2.62 bits per heavy atom. The molecule has 0 saturated heterocycles. The van der Waals surface area contributed by atoms with Crippen molar-refractivity contribution in [3.05, 3.63) is 102 Å². The van der Waals surface area contributed by atoms with Gasteiger partial charge in [0.25, 0.3) is 5.56 Å². The van der Waals surface area contributed by atoms with Crippen molar-refractivity contribution >= 4 is 79.8 Å². The first-order chi connectivity index (χ1) is 15.4. The van der Waals surface area contributed by atoms with Crippen molar-refractivity contribution in [3.63, 3.8) is 0 Å². The lowest BCUT2D eigenvalue weighted by Gasteiger charge is -2.13. The Kier molecular flexibility index (Phi) is 5.57. The number of nitrogens with zero attached hydrogens (tertiary/aromatic N) is 2. The number of fused-ring (bicyclic) bond motifs is 2. The average Bonchev–Trinajstić information content (AvgIpc) is 3.08. The smallest absolute Gasteiger partial charge is 0.266 e. The number of benzene rings is 3. The maximum Gasteiger partial charge on any atom is 0.266 e. The van der Waals surface area contributed by atoms with E-state index in [1.165, 1.54) is 4.57 Å². The third kappa shape index (κ3) is 3.74. The second-order valence-electron chi connectivity index (χ2n) is 7.41. The summed E-state index contributed by atoms with van der Waals surface area (Å²) in [4.78, 5) is 21.8. The first-order valence-corrected chi connectivity index (χ1v) is 11.7. The van der Waals surface area contributed by atoms with Gasteiger partial charge < -0.3 is 4.98 Å². The van der Waals surface area contributed by atoms with Gasteiger partial charge in [-0.3, -0.25) is 9.36 Å². The molecule has 5 aromatic rings. The van der Waals surface area contributed by atoms with E-state index in [4.69, 9.17) is 28.2 Å². The molecule has 0 aliphatic carbocycles. The Balaban J connectivity index is 1.78. The van der Waals surface area contributed by atoms with Crippen LogP contribution in [0.3, 0.4) is 0 Å². The van der Waals surface area contributed by atoms with Gasteiger partial charge in [-0.1, -0.05) is 41.4 Å². The number of halogens is 3. The first kappa shape index (κ1) is 21.2. The van der Waals surface area contributed by atoms with Gasteiger partial charge in [-0.15, -0.1) is 0 Å². The molecule has 7 heteroatoms. The van der Waals surface area contributed by atoms with Crippen molar-refractivity contribution in [2.45, 2.75) is 6.92 Å². The third-order valence-electron chi connectivity index (χ3n) is 5.35. The Morgan fingerprint density at radius 2 is 1.81 bits per heavy atom. The van der Waals surface area contributed by atoms with Gasteiger partial charge in [0.2, 0.25) is 0 Å². The van der Waals surface area contributed by atoms with Crippen molar-refractivity contribution in [3.8, 4) is 5.69 Å². The SMILES string of the molecule is Cc1[nH]c2ccccc2c1/C=C/c1nc2ccc(I)cc2c(=O)n1-c1ccc(Cl)cc1Cl. The van der Waals surface area contributed by atoms with Crippen molar-refractivity contribution in [1.82, 2.24) is 14.5 Å². The molecule has 0 aliphatic heterocycles. The molecule has 0 bridgehead atoms. The molecule has 2 heterocycles. The van der Waals surface area contributed by atoms with Crippen molar-refractivity contribution in [2.75, 3.05) is 0 Å². The van der Waals surface area contributed by atoms with Gasteiger partial charge in [-0.25, -0.2) is 4.98 Å². The number of hydrogen-bond acceptors (Lipinski definition) is 2. The van der Waals surface area contributed by atoms with Crippen LogP contribution in [0.2, 0.25) is 10.0 Å². The highest BCUT2D eigenvalue weighted by atomic mass is 127. The number of aromatic amines is 1. The van der Waals surface area contributed by atoms with Gasteiger partial charge in [-0.05, 0) is 84.1 Å². The van der Waals surface area contributed by atoms with E-state index in [2.05, 4.69) is 33.6 Å². The summed E-state index contributed by atoms with van der Waals surface area (Å²) in [6.07, 6.45) is 3.83. The Bertz CT molecular complexity index is 1600. The second-order valence-corrected chi connectivity index (χ2v) is 9.50. The predicted molar refractivity (Wildman–Crippen MR) is 142 cm³/mol. The lowest BCUT2D eigenvalue weighted by molar-refractivity contribution is 0.944. The summed E-state index contributed by atoms with van der Waals surface area (Å²) in [5.41, 5.74) is 4.12. The van der Waals surface area contributed by atoms with Crippen LogP contribution in [0.15, 0.2) is 65.5 Å². The molecule has 0 aliphatic rings. The molecule has 0 unspecified atom stereocenters. The van der Waals surface area contributed by atoms with E-state index in [0.717, 1.165) is 25.7 Å². The number of para-hydroxylation sites is 1. The largest absolute Gasteiger partial charge is 0.358 e. The number of H-pyrrole nitrogens is 1. The Labute approximate surface area is 207 Å². The maximum absolute atomic E-state index is 13.6. The number of rotatable bonds is 3. The Morgan fingerprint density at radius 1 is 1.00 bits per heavy atom. The van der Waals surface area contributed by atoms with Crippen LogP contribution in [0.5, 0.6) is 0 Å². The number of aromatic nitrogens is 3. The van der Waals surface area contributed by atoms with Crippen molar-refractivity contribution in [2.24, 2.45) is 0 Å². The van der Waals surface area contributed by atoms with Crippen molar-refractivity contribution < 1.29 is 0 Å². The number of nitrogens with one attached hydrogen (secondary N) is 1. The van der Waals surface area contributed by atoms with Crippen LogP contribution in [0, 0.1) is 10.5 Å². The molecule has 2 aromatic heterocycles. The summed E-state index contributed by atoms with van der Waals surface area (Å²) >= 11 is 14.8. The van der Waals surface area contributed by atoms with Crippen molar-refractivity contribution in [1.29, 1.82) is 0 Å². The van der Waals surface area contributed by atoms with Gasteiger partial charge in [0, 0.05) is 30.8 Å². The van der Waals surface area contributed by atoms with Crippen LogP contribution >= 0.6 is 45.8 Å². The molecule has 0 atom stereocenters. The maximum atomic E-state index is 13.6. The number of hydrogen-bond donors (Lipinski definition) is 1. The quantitative estimate of drug-likeness (QED) is 0.232. The summed E-state index contributed by atoms with van der Waals surface area (Å²) in [6.45, 7) is 2.03. The zero-order chi connectivity index (χ0) is 22.4. The van der Waals surface area contributed by atoms with Gasteiger partial charge in [0.05, 0.1) is 21.6 Å². The normalized spacial score (nSPS) is 11.8. The molecule has 0 radical (unpaired) electrons. The zero-order valence-electron chi connectivity index (χ0n) is 16.9. The monoisotopic (exact) mass is 571 g/mol. The second kappa shape index (κ2) is 8.39. The minimum absolute atomic E-state index is 0.187. The fraction of sp³-hybridized carbons (Fsp3) is 0.0400. The summed E-state index contributed by atoms with van der Waals surface area (Å²) in [7, 11) is 0. The van der Waals surface area contributed by atoms with E-state index < -0.39 is 0 Å². The predicted octanol–water partition coefficient (Wildman–Crippen LogP) is 7.26. The molecule has 0 fully saturated rings. The standard InChI is InChI=1S/C25H16Cl2IN3O/c1-14-17(18-4-2-3-5-21(18)29-14)8-11-24-30-22-9-7-16(28)13-19(22)25(32)31(24)23-10-6-15(26)12-20(23)27/h2-13,29H,1H3/b11-8+. The highest BCUT2D eigenvalue weighted by Crippen LogP contribution is 2.27. The molecule has 0 amide bonds. The van der Waals surface area contributed by atoms with E-state index in [9.17, 15) is 4.79 Å². The average molecular weight is 572 g/mol. The summed E-state index contributed by atoms with van der Waals surface area (Å²) in [5, 5.41) is 2.52. The minimum atomic E-state index is -0.187. The first-order valence-electron chi connectivity index (χ1n) is 9.85. The Hall–Kier alpha value is -2.61. The van der Waals surface area contributed by atoms with Gasteiger partial charge >= 0.3 is 0 Å². The van der Waals surface area contributed by atoms with Crippen LogP contribution in [0.25, 0.3) is 39.6 Å². The van der Waals surface area contributed by atoms with Crippen LogP contribution in [-0.2, 0) is 0 Å². The molecular weight excluding hydrogens is 556 g/mol. The van der Waals surface area contributed by atoms with Crippen LogP contribution < -0.4 is 5.56 Å². The molecule has 32 heavy (non-hydrogen) atoms. The molecule has 0 saturated carbocycles. The fourth-order valence-corrected chi connectivity index (χ4v) is 4.84. The fourth-order valence-electron chi connectivity index (χ4n) is 3.85. The van der Waals surface area contributed by atoms with E-state index >= 15 is 0 Å². The molecule has 1 N–H and O–H groups in total. The minimum Gasteiger partial charge on any atom is -0.358 e. The summed E-state index contributed by atoms with van der Waals surface area (Å²) in [5.74, 6) is 0.484. The molecule has 5 rings (SSSR count). The molecule has 158 valence electrons. The van der Waals surface area contributed by atoms with E-state index in [1.807, 2.05) is 55.5 Å². The van der Waals surface area contributed by atoms with Gasteiger partial charge in [0.15, 0.2) is 0 Å². The highest BCUT2D eigenvalue weighted by Gasteiger charge is 2.15. The van der Waals surface area contributed by atoms with Crippen LogP contribution in [0.1, 0.15) is 17.1 Å². The van der Waals surface area contributed by atoms with E-state index in [-0.39, 0.29) is 5.56 Å². The zero-order valence-corrected chi connectivity index (χ0v) is 20.5.